The van der Waals surface area contributed by atoms with Gasteiger partial charge in [-0.3, -0.25) is 4.79 Å². The maximum atomic E-state index is 12.2. The summed E-state index contributed by atoms with van der Waals surface area (Å²) < 4.78 is 0. The predicted octanol–water partition coefficient (Wildman–Crippen LogP) is 3.15. The standard InChI is InChI=1S/C20H26N4O/c1-15(2)14-20(25)24-12-10-23(11-13-24)19-9-8-18(21-22-19)17-7-5-4-6-16(17)3/h4-9,15H,10-14H2,1-3H3. The van der Waals surface area contributed by atoms with Crippen LogP contribution in [0.4, 0.5) is 5.82 Å². The Balaban J connectivity index is 1.63. The number of hydrogen-bond acceptors (Lipinski definition) is 4. The van der Waals surface area contributed by atoms with Crippen molar-refractivity contribution in [2.24, 2.45) is 5.92 Å². The lowest BCUT2D eigenvalue weighted by Gasteiger charge is -2.35. The summed E-state index contributed by atoms with van der Waals surface area (Å²) in [4.78, 5) is 16.3. The quantitative estimate of drug-likeness (QED) is 0.859. The van der Waals surface area contributed by atoms with Gasteiger partial charge < -0.3 is 9.80 Å². The molecule has 1 amide bonds. The van der Waals surface area contributed by atoms with Gasteiger partial charge in [0.2, 0.25) is 5.91 Å². The molecule has 132 valence electrons. The first-order valence-corrected chi connectivity index (χ1v) is 8.97. The summed E-state index contributed by atoms with van der Waals surface area (Å²) in [6.07, 6.45) is 0.630. The van der Waals surface area contributed by atoms with Gasteiger partial charge in [-0.1, -0.05) is 38.1 Å². The van der Waals surface area contributed by atoms with E-state index in [1.54, 1.807) is 0 Å². The molecule has 0 saturated carbocycles. The largest absolute Gasteiger partial charge is 0.352 e. The van der Waals surface area contributed by atoms with Crippen molar-refractivity contribution in [3.63, 3.8) is 0 Å². The highest BCUT2D eigenvalue weighted by Gasteiger charge is 2.22. The lowest BCUT2D eigenvalue weighted by Crippen LogP contribution is -2.49. The van der Waals surface area contributed by atoms with E-state index in [9.17, 15) is 4.79 Å². The molecule has 0 aliphatic carbocycles. The van der Waals surface area contributed by atoms with Crippen LogP contribution in [0.1, 0.15) is 25.8 Å². The molecule has 0 atom stereocenters. The second-order valence-corrected chi connectivity index (χ2v) is 7.06. The second kappa shape index (κ2) is 7.64. The van der Waals surface area contributed by atoms with Crippen LogP contribution in [-0.2, 0) is 4.79 Å². The van der Waals surface area contributed by atoms with Crippen molar-refractivity contribution >= 4 is 11.7 Å². The van der Waals surface area contributed by atoms with E-state index in [0.717, 1.165) is 43.3 Å². The first-order valence-electron chi connectivity index (χ1n) is 8.97. The molecule has 1 aromatic carbocycles. The van der Waals surface area contributed by atoms with E-state index in [-0.39, 0.29) is 5.91 Å². The van der Waals surface area contributed by atoms with Crippen molar-refractivity contribution in [1.82, 2.24) is 15.1 Å². The Hall–Kier alpha value is -2.43. The fourth-order valence-corrected chi connectivity index (χ4v) is 3.16. The number of nitrogens with zero attached hydrogens (tertiary/aromatic N) is 4. The predicted molar refractivity (Wildman–Crippen MR) is 100 cm³/mol. The van der Waals surface area contributed by atoms with Gasteiger partial charge in [0.15, 0.2) is 5.82 Å². The van der Waals surface area contributed by atoms with Gasteiger partial charge in [0.05, 0.1) is 5.69 Å². The van der Waals surface area contributed by atoms with Gasteiger partial charge in [-0.05, 0) is 30.5 Å². The van der Waals surface area contributed by atoms with Crippen molar-refractivity contribution in [2.45, 2.75) is 27.2 Å². The van der Waals surface area contributed by atoms with Crippen LogP contribution in [0.2, 0.25) is 0 Å². The van der Waals surface area contributed by atoms with Gasteiger partial charge in [-0.2, -0.15) is 0 Å². The molecular formula is C20H26N4O. The Morgan fingerprint density at radius 3 is 2.36 bits per heavy atom. The third-order valence-electron chi connectivity index (χ3n) is 4.61. The zero-order valence-electron chi connectivity index (χ0n) is 15.3. The molecule has 0 unspecified atom stereocenters. The highest BCUT2D eigenvalue weighted by atomic mass is 16.2. The van der Waals surface area contributed by atoms with E-state index >= 15 is 0 Å². The van der Waals surface area contributed by atoms with Gasteiger partial charge in [0.25, 0.3) is 0 Å². The zero-order valence-corrected chi connectivity index (χ0v) is 15.3. The van der Waals surface area contributed by atoms with E-state index < -0.39 is 0 Å². The molecule has 0 N–H and O–H groups in total. The smallest absolute Gasteiger partial charge is 0.222 e. The molecular weight excluding hydrogens is 312 g/mol. The topological polar surface area (TPSA) is 49.3 Å². The maximum Gasteiger partial charge on any atom is 0.222 e. The van der Waals surface area contributed by atoms with Crippen LogP contribution in [0.25, 0.3) is 11.3 Å². The zero-order chi connectivity index (χ0) is 17.8. The lowest BCUT2D eigenvalue weighted by atomic mass is 10.1. The Bertz CT molecular complexity index is 719. The molecule has 1 fully saturated rings. The van der Waals surface area contributed by atoms with Crippen LogP contribution >= 0.6 is 0 Å². The molecule has 2 aromatic rings. The Labute approximate surface area is 149 Å². The van der Waals surface area contributed by atoms with Gasteiger partial charge >= 0.3 is 0 Å². The van der Waals surface area contributed by atoms with Crippen LogP contribution < -0.4 is 4.90 Å². The van der Waals surface area contributed by atoms with Crippen LogP contribution in [-0.4, -0.2) is 47.2 Å². The van der Waals surface area contributed by atoms with Crippen LogP contribution in [0.15, 0.2) is 36.4 Å². The number of hydrogen-bond donors (Lipinski definition) is 0. The van der Waals surface area contributed by atoms with Gasteiger partial charge in [-0.15, -0.1) is 10.2 Å². The normalized spacial score (nSPS) is 14.9. The number of aryl methyl sites for hydroxylation is 1. The average molecular weight is 338 g/mol. The van der Waals surface area contributed by atoms with E-state index in [2.05, 4.69) is 48.0 Å². The number of piperazine rings is 1. The molecule has 0 bridgehead atoms. The monoisotopic (exact) mass is 338 g/mol. The summed E-state index contributed by atoms with van der Waals surface area (Å²) in [6, 6.07) is 12.3. The van der Waals surface area contributed by atoms with Crippen LogP contribution in [0, 0.1) is 12.8 Å². The van der Waals surface area contributed by atoms with E-state index in [0.29, 0.717) is 12.3 Å². The number of rotatable bonds is 4. The molecule has 5 heteroatoms. The molecule has 0 spiro atoms. The van der Waals surface area contributed by atoms with Crippen molar-refractivity contribution in [2.75, 3.05) is 31.1 Å². The highest BCUT2D eigenvalue weighted by Crippen LogP contribution is 2.22. The summed E-state index contributed by atoms with van der Waals surface area (Å²) in [7, 11) is 0. The van der Waals surface area contributed by atoms with Crippen molar-refractivity contribution in [1.29, 1.82) is 0 Å². The van der Waals surface area contributed by atoms with Crippen molar-refractivity contribution in [3.05, 3.63) is 42.0 Å². The molecule has 2 heterocycles. The number of carbonyl (C=O) groups excluding carboxylic acids is 1. The van der Waals surface area contributed by atoms with E-state index in [1.807, 2.05) is 29.2 Å². The number of amides is 1. The molecule has 3 rings (SSSR count). The van der Waals surface area contributed by atoms with Gasteiger partial charge in [-0.25, -0.2) is 0 Å². The number of carbonyl (C=O) groups is 1. The Morgan fingerprint density at radius 2 is 1.76 bits per heavy atom. The highest BCUT2D eigenvalue weighted by molar-refractivity contribution is 5.76. The fourth-order valence-electron chi connectivity index (χ4n) is 3.16. The third-order valence-corrected chi connectivity index (χ3v) is 4.61. The lowest BCUT2D eigenvalue weighted by molar-refractivity contribution is -0.132. The summed E-state index contributed by atoms with van der Waals surface area (Å²) >= 11 is 0. The van der Waals surface area contributed by atoms with Crippen molar-refractivity contribution < 1.29 is 4.79 Å². The fraction of sp³-hybridized carbons (Fsp3) is 0.450. The minimum Gasteiger partial charge on any atom is -0.352 e. The maximum absolute atomic E-state index is 12.2. The number of aromatic nitrogens is 2. The number of anilines is 1. The molecule has 1 saturated heterocycles. The first kappa shape index (κ1) is 17.4. The first-order chi connectivity index (χ1) is 12.0. The average Bonchev–Trinajstić information content (AvgIpc) is 2.62. The minimum atomic E-state index is 0.260. The van der Waals surface area contributed by atoms with Gasteiger partial charge in [0, 0.05) is 38.2 Å². The molecule has 25 heavy (non-hydrogen) atoms. The minimum absolute atomic E-state index is 0.260. The van der Waals surface area contributed by atoms with Gasteiger partial charge in [0.1, 0.15) is 0 Å². The molecule has 5 nitrogen and oxygen atoms in total. The second-order valence-electron chi connectivity index (χ2n) is 7.06. The third kappa shape index (κ3) is 4.16. The van der Waals surface area contributed by atoms with E-state index in [4.69, 9.17) is 0 Å². The number of benzene rings is 1. The SMILES string of the molecule is Cc1ccccc1-c1ccc(N2CCN(C(=O)CC(C)C)CC2)nn1. The summed E-state index contributed by atoms with van der Waals surface area (Å²) in [6.45, 7) is 9.38. The molecule has 0 radical (unpaired) electrons. The van der Waals surface area contributed by atoms with E-state index in [1.165, 1.54) is 5.56 Å². The molecule has 1 aliphatic rings. The summed E-state index contributed by atoms with van der Waals surface area (Å²) in [5.74, 6) is 1.55. The van der Waals surface area contributed by atoms with Crippen LogP contribution in [0.5, 0.6) is 0 Å². The Kier molecular flexibility index (Phi) is 5.31. The van der Waals surface area contributed by atoms with Crippen LogP contribution in [0.3, 0.4) is 0 Å². The summed E-state index contributed by atoms with van der Waals surface area (Å²) in [5.41, 5.74) is 3.21. The molecule has 1 aromatic heterocycles. The molecule has 1 aliphatic heterocycles. The van der Waals surface area contributed by atoms with Crippen molar-refractivity contribution in [3.8, 4) is 11.3 Å². The Morgan fingerprint density at radius 1 is 1.04 bits per heavy atom. The summed E-state index contributed by atoms with van der Waals surface area (Å²) in [5, 5.41) is 8.82.